The first kappa shape index (κ1) is 37.3. The van der Waals surface area contributed by atoms with Crippen molar-refractivity contribution in [1.82, 2.24) is 24.9 Å². The zero-order valence-corrected chi connectivity index (χ0v) is 31.1. The summed E-state index contributed by atoms with van der Waals surface area (Å²) in [4.78, 5) is 63.4. The summed E-state index contributed by atoms with van der Waals surface area (Å²) in [5.74, 6) is -0.363. The van der Waals surface area contributed by atoms with Crippen LogP contribution in [-0.4, -0.2) is 114 Å². The standard InChI is InChI=1S/C39H61N5O5/c1-26(2)32(42(7)37(47)34(39(3,4)5)40-35(45)29-18-10-11-22-41(29)6)25-43-23-13-19-30(43)36(46)44-24-14-20-31(44)38(48)49-33-21-12-16-27-15-8-9-17-28(27)33/h8-9,15,17,26,29-34H,10-14,16,18-25H2,1-7H3,(H,40,45)/t29-,30+,31+,32-,33+,34-/m1/s1. The van der Waals surface area contributed by atoms with E-state index in [-0.39, 0.29) is 53.8 Å². The molecule has 3 heterocycles. The first-order chi connectivity index (χ1) is 23.3. The molecule has 10 heteroatoms. The summed E-state index contributed by atoms with van der Waals surface area (Å²) in [6.07, 6.45) is 8.42. The van der Waals surface area contributed by atoms with Crippen molar-refractivity contribution in [2.75, 3.05) is 40.3 Å². The lowest BCUT2D eigenvalue weighted by Crippen LogP contribution is -2.61. The second-order valence-corrected chi connectivity index (χ2v) is 16.4. The van der Waals surface area contributed by atoms with Crippen LogP contribution < -0.4 is 5.32 Å². The number of fused-ring (bicyclic) bond motifs is 1. The summed E-state index contributed by atoms with van der Waals surface area (Å²) in [6, 6.07) is 6.23. The van der Waals surface area contributed by atoms with Crippen molar-refractivity contribution < 1.29 is 23.9 Å². The number of nitrogens with one attached hydrogen (secondary N) is 1. The number of ether oxygens (including phenoxy) is 1. The SMILES string of the molecule is CC(C)[C@@H](CN1CCC[C@H]1C(=O)N1CCC[C@H]1C(=O)O[C@H]1CCCc2ccccc21)N(C)C(=O)[C@@H](NC(=O)[C@H]1CCCCN1C)C(C)(C)C. The van der Waals surface area contributed by atoms with E-state index in [1.165, 1.54) is 5.56 Å². The number of nitrogens with zero attached hydrogens (tertiary/aromatic N) is 4. The summed E-state index contributed by atoms with van der Waals surface area (Å²) >= 11 is 0. The van der Waals surface area contributed by atoms with E-state index in [9.17, 15) is 19.2 Å². The average Bonchev–Trinajstić information content (AvgIpc) is 3.75. The van der Waals surface area contributed by atoms with Crippen LogP contribution in [0, 0.1) is 11.3 Å². The molecule has 272 valence electrons. The highest BCUT2D eigenvalue weighted by molar-refractivity contribution is 5.91. The molecule has 3 amide bonds. The lowest BCUT2D eigenvalue weighted by Gasteiger charge is -2.41. The van der Waals surface area contributed by atoms with Crippen LogP contribution in [-0.2, 0) is 30.3 Å². The molecular weight excluding hydrogens is 618 g/mol. The maximum absolute atomic E-state index is 14.2. The molecule has 1 N–H and O–H groups in total. The van der Waals surface area contributed by atoms with Gasteiger partial charge in [-0.25, -0.2) is 4.79 Å². The fraction of sp³-hybridized carbons (Fsp3) is 0.744. The number of hydrogen-bond donors (Lipinski definition) is 1. The summed E-state index contributed by atoms with van der Waals surface area (Å²) in [5, 5.41) is 3.15. The third-order valence-corrected chi connectivity index (χ3v) is 11.5. The van der Waals surface area contributed by atoms with Crippen molar-refractivity contribution in [3.63, 3.8) is 0 Å². The lowest BCUT2D eigenvalue weighted by molar-refractivity contribution is -0.160. The molecule has 5 rings (SSSR count). The highest BCUT2D eigenvalue weighted by Gasteiger charge is 2.44. The number of benzene rings is 1. The van der Waals surface area contributed by atoms with Crippen molar-refractivity contribution >= 4 is 23.7 Å². The zero-order valence-electron chi connectivity index (χ0n) is 31.1. The second kappa shape index (κ2) is 15.9. The van der Waals surface area contributed by atoms with Gasteiger partial charge in [-0.05, 0) is 100 Å². The Morgan fingerprint density at radius 1 is 0.898 bits per heavy atom. The van der Waals surface area contributed by atoms with Crippen molar-refractivity contribution in [3.05, 3.63) is 35.4 Å². The first-order valence-electron chi connectivity index (χ1n) is 18.9. The van der Waals surface area contributed by atoms with E-state index in [0.29, 0.717) is 19.5 Å². The third-order valence-electron chi connectivity index (χ3n) is 11.5. The Bertz CT molecular complexity index is 1340. The molecule has 0 radical (unpaired) electrons. The maximum atomic E-state index is 14.2. The molecule has 0 bridgehead atoms. The molecule has 0 aromatic heterocycles. The molecule has 1 aliphatic carbocycles. The van der Waals surface area contributed by atoms with Crippen LogP contribution in [0.1, 0.15) is 110 Å². The van der Waals surface area contributed by atoms with E-state index < -0.39 is 17.5 Å². The Morgan fingerprint density at radius 2 is 1.59 bits per heavy atom. The largest absolute Gasteiger partial charge is 0.456 e. The summed E-state index contributed by atoms with van der Waals surface area (Å²) in [7, 11) is 3.82. The van der Waals surface area contributed by atoms with Gasteiger partial charge < -0.3 is 19.9 Å². The van der Waals surface area contributed by atoms with E-state index >= 15 is 0 Å². The van der Waals surface area contributed by atoms with E-state index in [1.807, 2.05) is 51.9 Å². The van der Waals surface area contributed by atoms with Gasteiger partial charge in [-0.2, -0.15) is 0 Å². The van der Waals surface area contributed by atoms with Crippen LogP contribution in [0.2, 0.25) is 0 Å². The molecule has 3 saturated heterocycles. The Hall–Kier alpha value is -2.98. The smallest absolute Gasteiger partial charge is 0.329 e. The molecule has 3 aliphatic heterocycles. The number of carbonyl (C=O) groups is 4. The number of amides is 3. The number of carbonyl (C=O) groups excluding carboxylic acids is 4. The molecule has 4 aliphatic rings. The fourth-order valence-electron chi connectivity index (χ4n) is 8.52. The van der Waals surface area contributed by atoms with Crippen LogP contribution in [0.5, 0.6) is 0 Å². The minimum atomic E-state index is -0.676. The maximum Gasteiger partial charge on any atom is 0.329 e. The summed E-state index contributed by atoms with van der Waals surface area (Å²) in [6.45, 7) is 13.0. The fourth-order valence-corrected chi connectivity index (χ4v) is 8.52. The number of rotatable bonds is 10. The predicted octanol–water partition coefficient (Wildman–Crippen LogP) is 4.56. The van der Waals surface area contributed by atoms with Gasteiger partial charge in [-0.1, -0.05) is 65.3 Å². The lowest BCUT2D eigenvalue weighted by atomic mass is 9.84. The second-order valence-electron chi connectivity index (χ2n) is 16.4. The third kappa shape index (κ3) is 8.50. The Morgan fingerprint density at radius 3 is 2.31 bits per heavy atom. The molecule has 3 fully saturated rings. The van der Waals surface area contributed by atoms with Crippen LogP contribution in [0.15, 0.2) is 24.3 Å². The topological polar surface area (TPSA) is 103 Å². The first-order valence-corrected chi connectivity index (χ1v) is 18.9. The quantitative estimate of drug-likeness (QED) is 0.362. The Labute approximate surface area is 294 Å². The number of piperidine rings is 1. The molecule has 1 aromatic carbocycles. The monoisotopic (exact) mass is 679 g/mol. The van der Waals surface area contributed by atoms with Crippen molar-refractivity contribution in [3.8, 4) is 0 Å². The Kier molecular flexibility index (Phi) is 12.1. The van der Waals surface area contributed by atoms with Gasteiger partial charge in [-0.15, -0.1) is 0 Å². The molecule has 6 atom stereocenters. The van der Waals surface area contributed by atoms with Crippen molar-refractivity contribution in [2.45, 2.75) is 135 Å². The molecule has 0 spiro atoms. The van der Waals surface area contributed by atoms with Gasteiger partial charge >= 0.3 is 5.97 Å². The number of esters is 1. The van der Waals surface area contributed by atoms with Crippen LogP contribution in [0.3, 0.4) is 0 Å². The normalized spacial score (nSPS) is 26.2. The summed E-state index contributed by atoms with van der Waals surface area (Å²) < 4.78 is 6.12. The number of likely N-dealkylation sites (tertiary alicyclic amines) is 3. The molecule has 0 saturated carbocycles. The van der Waals surface area contributed by atoms with Crippen molar-refractivity contribution in [2.24, 2.45) is 11.3 Å². The van der Waals surface area contributed by atoms with Gasteiger partial charge in [0, 0.05) is 26.2 Å². The highest BCUT2D eigenvalue weighted by Crippen LogP contribution is 2.34. The van der Waals surface area contributed by atoms with Gasteiger partial charge in [0.1, 0.15) is 18.2 Å². The number of likely N-dealkylation sites (N-methyl/N-ethyl adjacent to an activating group) is 2. The van der Waals surface area contributed by atoms with Crippen LogP contribution in [0.4, 0.5) is 0 Å². The average molecular weight is 680 g/mol. The van der Waals surface area contributed by atoms with Crippen LogP contribution in [0.25, 0.3) is 0 Å². The minimum absolute atomic E-state index is 0.00564. The predicted molar refractivity (Wildman–Crippen MR) is 191 cm³/mol. The van der Waals surface area contributed by atoms with Crippen molar-refractivity contribution in [1.29, 1.82) is 0 Å². The van der Waals surface area contributed by atoms with E-state index in [2.05, 4.69) is 41.1 Å². The van der Waals surface area contributed by atoms with Gasteiger partial charge in [0.2, 0.25) is 17.7 Å². The van der Waals surface area contributed by atoms with E-state index in [1.54, 1.807) is 4.90 Å². The molecule has 0 unspecified atom stereocenters. The van der Waals surface area contributed by atoms with E-state index in [4.69, 9.17) is 4.74 Å². The summed E-state index contributed by atoms with van der Waals surface area (Å²) in [5.41, 5.74) is 1.85. The molecular formula is C39H61N5O5. The molecule has 1 aromatic rings. The number of aryl methyl sites for hydroxylation is 1. The van der Waals surface area contributed by atoms with Gasteiger partial charge in [0.15, 0.2) is 0 Å². The molecule has 49 heavy (non-hydrogen) atoms. The minimum Gasteiger partial charge on any atom is -0.456 e. The molecule has 10 nitrogen and oxygen atoms in total. The van der Waals surface area contributed by atoms with E-state index in [0.717, 1.165) is 76.4 Å². The van der Waals surface area contributed by atoms with Gasteiger partial charge in [-0.3, -0.25) is 24.2 Å². The van der Waals surface area contributed by atoms with Gasteiger partial charge in [0.05, 0.1) is 12.1 Å². The number of hydrogen-bond acceptors (Lipinski definition) is 7. The van der Waals surface area contributed by atoms with Gasteiger partial charge in [0.25, 0.3) is 0 Å². The van der Waals surface area contributed by atoms with Crippen LogP contribution >= 0.6 is 0 Å². The zero-order chi connectivity index (χ0) is 35.5. The highest BCUT2D eigenvalue weighted by atomic mass is 16.5. The Balaban J connectivity index is 1.25.